The monoisotopic (exact) mass is 382 g/mol. The smallest absolute Gasteiger partial charge is 0.159 e. The van der Waals surface area contributed by atoms with Gasteiger partial charge in [0, 0.05) is 44.8 Å². The highest BCUT2D eigenvalue weighted by molar-refractivity contribution is 8.13. The molecule has 140 valence electrons. The van der Waals surface area contributed by atoms with E-state index in [9.17, 15) is 0 Å². The van der Waals surface area contributed by atoms with Crippen LogP contribution < -0.4 is 10.6 Å². The molecule has 25 heavy (non-hydrogen) atoms. The lowest BCUT2D eigenvalue weighted by Gasteiger charge is -2.35. The number of hydrogen-bond donors (Lipinski definition) is 2. The minimum atomic E-state index is 0. The van der Waals surface area contributed by atoms with Crippen LogP contribution in [0.15, 0.2) is 29.3 Å². The van der Waals surface area contributed by atoms with Gasteiger partial charge in [0.25, 0.3) is 0 Å². The molecule has 1 aromatic rings. The van der Waals surface area contributed by atoms with Crippen molar-refractivity contribution < 1.29 is 5.11 Å². The van der Waals surface area contributed by atoms with Crippen molar-refractivity contribution in [2.75, 3.05) is 50.0 Å². The summed E-state index contributed by atoms with van der Waals surface area (Å²) in [6.07, 6.45) is 0.644. The van der Waals surface area contributed by atoms with Crippen molar-refractivity contribution in [1.29, 1.82) is 0 Å². The highest BCUT2D eigenvalue weighted by Gasteiger charge is 2.16. The molecule has 0 aliphatic carbocycles. The Balaban J connectivity index is 0.00000312. The Hall–Kier alpha value is -1.15. The van der Waals surface area contributed by atoms with Crippen molar-refractivity contribution >= 4 is 39.8 Å². The lowest BCUT2D eigenvalue weighted by molar-refractivity contribution is 0.189. The maximum absolute atomic E-state index is 9.00. The first kappa shape index (κ1) is 21.9. The molecule has 3 N–H and O–H groups in total. The highest BCUT2D eigenvalue weighted by atomic mass is 32.2. The second-order valence-corrected chi connectivity index (χ2v) is 7.43. The van der Waals surface area contributed by atoms with Crippen LogP contribution in [0.5, 0.6) is 0 Å². The van der Waals surface area contributed by atoms with Crippen LogP contribution in [0.2, 0.25) is 0 Å². The topological polar surface area (TPSA) is 65.1 Å². The van der Waals surface area contributed by atoms with E-state index in [2.05, 4.69) is 39.1 Å². The van der Waals surface area contributed by atoms with Crippen LogP contribution in [-0.4, -0.2) is 65.2 Å². The number of thioether (sulfide) groups is 1. The molecule has 0 atom stereocenters. The SMILES string of the molecule is C.CCSC(N)=NC(=S)Cc1ccc(N2CCN(CCO)CC2)cc1. The van der Waals surface area contributed by atoms with E-state index < -0.39 is 0 Å². The Morgan fingerprint density at radius 3 is 2.44 bits per heavy atom. The van der Waals surface area contributed by atoms with Gasteiger partial charge in [-0.2, -0.15) is 0 Å². The fraction of sp³-hybridized carbons (Fsp3) is 0.556. The second-order valence-electron chi connectivity index (χ2n) is 5.67. The van der Waals surface area contributed by atoms with E-state index in [1.54, 1.807) is 0 Å². The number of piperazine rings is 1. The number of nitrogens with zero attached hydrogens (tertiary/aromatic N) is 3. The van der Waals surface area contributed by atoms with Gasteiger partial charge in [0.05, 0.1) is 6.61 Å². The van der Waals surface area contributed by atoms with Crippen LogP contribution in [0.4, 0.5) is 5.69 Å². The number of aliphatic hydroxyl groups excluding tert-OH is 1. The molecule has 2 rings (SSSR count). The van der Waals surface area contributed by atoms with E-state index >= 15 is 0 Å². The predicted octanol–water partition coefficient (Wildman–Crippen LogP) is 2.37. The molecule has 0 unspecified atom stereocenters. The van der Waals surface area contributed by atoms with E-state index in [0.717, 1.165) is 44.0 Å². The first-order valence-electron chi connectivity index (χ1n) is 8.29. The predicted molar refractivity (Wildman–Crippen MR) is 115 cm³/mol. The van der Waals surface area contributed by atoms with E-state index in [1.807, 2.05) is 6.92 Å². The second kappa shape index (κ2) is 11.5. The average molecular weight is 383 g/mol. The zero-order valence-corrected chi connectivity index (χ0v) is 15.8. The number of hydrogen-bond acceptors (Lipinski definition) is 5. The Morgan fingerprint density at radius 1 is 1.24 bits per heavy atom. The van der Waals surface area contributed by atoms with Gasteiger partial charge in [-0.15, -0.1) is 0 Å². The van der Waals surface area contributed by atoms with E-state index in [0.29, 0.717) is 16.6 Å². The number of benzene rings is 1. The summed E-state index contributed by atoms with van der Waals surface area (Å²) in [5.74, 6) is 0.901. The Kier molecular flexibility index (Phi) is 10.0. The molecule has 0 saturated carbocycles. The Morgan fingerprint density at radius 2 is 1.88 bits per heavy atom. The number of aliphatic imine (C=N–C) groups is 1. The summed E-state index contributed by atoms with van der Waals surface area (Å²) >= 11 is 6.81. The molecular formula is C18H30N4OS2. The molecule has 1 aliphatic rings. The zero-order chi connectivity index (χ0) is 17.4. The molecule has 0 radical (unpaired) electrons. The Bertz CT molecular complexity index is 555. The minimum absolute atomic E-state index is 0. The van der Waals surface area contributed by atoms with Gasteiger partial charge in [-0.25, -0.2) is 4.99 Å². The lowest BCUT2D eigenvalue weighted by Crippen LogP contribution is -2.47. The van der Waals surface area contributed by atoms with Crippen molar-refractivity contribution in [1.82, 2.24) is 4.90 Å². The van der Waals surface area contributed by atoms with Gasteiger partial charge in [0.15, 0.2) is 5.17 Å². The van der Waals surface area contributed by atoms with Gasteiger partial charge >= 0.3 is 0 Å². The number of amidine groups is 1. The summed E-state index contributed by atoms with van der Waals surface area (Å²) in [5, 5.41) is 9.55. The van der Waals surface area contributed by atoms with Crippen LogP contribution in [-0.2, 0) is 6.42 Å². The maximum Gasteiger partial charge on any atom is 0.159 e. The summed E-state index contributed by atoms with van der Waals surface area (Å²) in [7, 11) is 0. The number of anilines is 1. The number of thiocarbonyl (C=S) groups is 1. The van der Waals surface area contributed by atoms with Gasteiger partial charge < -0.3 is 15.7 Å². The lowest BCUT2D eigenvalue weighted by atomic mass is 10.1. The number of β-amino-alcohol motifs (C(OH)–C–C–N with tert-alkyl or cyclic N) is 1. The van der Waals surface area contributed by atoms with E-state index in [4.69, 9.17) is 23.1 Å². The van der Waals surface area contributed by atoms with Crippen LogP contribution in [0, 0.1) is 0 Å². The van der Waals surface area contributed by atoms with Gasteiger partial charge in [-0.3, -0.25) is 4.90 Å². The molecule has 1 aliphatic heterocycles. The van der Waals surface area contributed by atoms with Crippen LogP contribution >= 0.6 is 24.0 Å². The van der Waals surface area contributed by atoms with Crippen molar-refractivity contribution in [3.63, 3.8) is 0 Å². The third-order valence-electron chi connectivity index (χ3n) is 3.97. The van der Waals surface area contributed by atoms with Gasteiger partial charge in [-0.05, 0) is 23.4 Å². The molecule has 0 bridgehead atoms. The zero-order valence-electron chi connectivity index (χ0n) is 14.1. The van der Waals surface area contributed by atoms with Crippen molar-refractivity contribution in [3.05, 3.63) is 29.8 Å². The molecule has 7 heteroatoms. The number of rotatable bonds is 6. The minimum Gasteiger partial charge on any atom is -0.395 e. The normalized spacial score (nSPS) is 15.8. The van der Waals surface area contributed by atoms with E-state index in [-0.39, 0.29) is 14.0 Å². The number of aliphatic hydroxyl groups is 1. The van der Waals surface area contributed by atoms with E-state index in [1.165, 1.54) is 17.4 Å². The summed E-state index contributed by atoms with van der Waals surface area (Å²) < 4.78 is 0. The van der Waals surface area contributed by atoms with Crippen LogP contribution in [0.1, 0.15) is 19.9 Å². The fourth-order valence-electron chi connectivity index (χ4n) is 2.71. The van der Waals surface area contributed by atoms with Crippen molar-refractivity contribution in [2.24, 2.45) is 10.7 Å². The highest BCUT2D eigenvalue weighted by Crippen LogP contribution is 2.18. The molecule has 5 nitrogen and oxygen atoms in total. The third-order valence-corrected chi connectivity index (χ3v) is 4.88. The molecule has 0 spiro atoms. The van der Waals surface area contributed by atoms with Gasteiger partial charge in [0.1, 0.15) is 4.99 Å². The summed E-state index contributed by atoms with van der Waals surface area (Å²) in [5.41, 5.74) is 8.18. The largest absolute Gasteiger partial charge is 0.395 e. The standard InChI is InChI=1S/C17H26N4OS2.CH4/c1-2-24-17(18)19-16(23)13-14-3-5-15(6-4-14)21-9-7-20(8-10-21)11-12-22;/h3-6,22H,2,7-13H2,1H3,(H2,18,19,23);1H4. The van der Waals surface area contributed by atoms with Gasteiger partial charge in [0.2, 0.25) is 0 Å². The molecule has 0 amide bonds. The summed E-state index contributed by atoms with van der Waals surface area (Å²) in [4.78, 5) is 9.55. The first-order chi connectivity index (χ1) is 11.6. The average Bonchev–Trinajstić information content (AvgIpc) is 2.57. The molecule has 1 saturated heterocycles. The number of nitrogens with two attached hydrogens (primary N) is 1. The van der Waals surface area contributed by atoms with Gasteiger partial charge in [-0.1, -0.05) is 50.5 Å². The van der Waals surface area contributed by atoms with Crippen molar-refractivity contribution in [2.45, 2.75) is 20.8 Å². The maximum atomic E-state index is 9.00. The summed E-state index contributed by atoms with van der Waals surface area (Å²) in [6, 6.07) is 8.52. The quantitative estimate of drug-likeness (QED) is 0.447. The van der Waals surface area contributed by atoms with Crippen LogP contribution in [0.25, 0.3) is 0 Å². The fourth-order valence-corrected chi connectivity index (χ4v) is 3.51. The summed E-state index contributed by atoms with van der Waals surface area (Å²) in [6.45, 7) is 7.02. The van der Waals surface area contributed by atoms with Crippen LogP contribution in [0.3, 0.4) is 0 Å². The third kappa shape index (κ3) is 7.32. The molecule has 1 fully saturated rings. The van der Waals surface area contributed by atoms with Crippen molar-refractivity contribution in [3.8, 4) is 0 Å². The molecular weight excluding hydrogens is 352 g/mol. The molecule has 1 aromatic carbocycles. The first-order valence-corrected chi connectivity index (χ1v) is 9.68. The Labute approximate surface area is 161 Å². The molecule has 0 aromatic heterocycles. The molecule has 1 heterocycles.